The number of aliphatic carboxylic acids is 3. The van der Waals surface area contributed by atoms with Crippen molar-refractivity contribution in [2.75, 3.05) is 31.6 Å². The lowest BCUT2D eigenvalue weighted by Crippen LogP contribution is -2.62. The van der Waals surface area contributed by atoms with Gasteiger partial charge in [0.2, 0.25) is 59.1 Å². The van der Waals surface area contributed by atoms with Crippen molar-refractivity contribution in [3.05, 3.63) is 102 Å². The summed E-state index contributed by atoms with van der Waals surface area (Å²) in [4.78, 5) is 188. The number of nitrogens with one attached hydrogen (secondary N) is 9. The van der Waals surface area contributed by atoms with Crippen LogP contribution in [0.2, 0.25) is 0 Å². The maximum Gasteiger partial charge on any atom is 0.326 e. The molecule has 0 bridgehead atoms. The Bertz CT molecular complexity index is 3490. The number of carbonyl (C=O) groups excluding carboxylic acids is 10. The molecule has 2 saturated heterocycles. The molecule has 0 aliphatic carbocycles. The molecule has 1 aromatic heterocycles. The minimum Gasteiger partial charge on any atom is -0.508 e. The first-order valence-electron chi connectivity index (χ1n) is 32.0. The molecule has 33 heteroatoms. The van der Waals surface area contributed by atoms with E-state index in [0.717, 1.165) is 31.4 Å². The summed E-state index contributed by atoms with van der Waals surface area (Å²) < 4.78 is 0. The van der Waals surface area contributed by atoms with E-state index in [4.69, 9.17) is 16.6 Å². The molecule has 0 spiro atoms. The van der Waals surface area contributed by atoms with Crippen molar-refractivity contribution in [1.29, 1.82) is 0 Å². The molecule has 4 aromatic rings. The van der Waals surface area contributed by atoms with Gasteiger partial charge in [-0.25, -0.2) is 4.79 Å². The summed E-state index contributed by atoms with van der Waals surface area (Å²) in [6, 6.07) is 3.82. The van der Waals surface area contributed by atoms with Gasteiger partial charge in [0, 0.05) is 67.9 Å². The van der Waals surface area contributed by atoms with Crippen LogP contribution in [-0.4, -0.2) is 222 Å². The number of amides is 10. The maximum atomic E-state index is 15.5. The van der Waals surface area contributed by atoms with Crippen LogP contribution < -0.4 is 54.0 Å². The van der Waals surface area contributed by atoms with E-state index in [-0.39, 0.29) is 70.2 Å². The number of fused-ring (bicyclic) bond motifs is 1. The fourth-order valence-electron chi connectivity index (χ4n) is 11.1. The van der Waals surface area contributed by atoms with Crippen molar-refractivity contribution in [3.63, 3.8) is 0 Å². The normalized spacial score (nSPS) is 21.6. The molecule has 3 aromatic carbocycles. The highest BCUT2D eigenvalue weighted by molar-refractivity contribution is 8.76. The summed E-state index contributed by atoms with van der Waals surface area (Å²) in [6.07, 6.45) is -1.78. The molecule has 2 aliphatic rings. The van der Waals surface area contributed by atoms with E-state index in [1.807, 2.05) is 0 Å². The van der Waals surface area contributed by atoms with E-state index in [1.165, 1.54) is 52.1 Å². The molecule has 10 amide bonds. The molecule has 6 rings (SSSR count). The molecule has 0 saturated carbocycles. The van der Waals surface area contributed by atoms with Crippen molar-refractivity contribution in [1.82, 2.24) is 57.3 Å². The maximum absolute atomic E-state index is 15.5. The van der Waals surface area contributed by atoms with Crippen LogP contribution in [0.15, 0.2) is 85.1 Å². The van der Waals surface area contributed by atoms with E-state index >= 15 is 14.4 Å². The number of likely N-dealkylation sites (N-methyl/N-ethyl adjacent to an activating group) is 1. The van der Waals surface area contributed by atoms with Gasteiger partial charge in [-0.3, -0.25) is 57.5 Å². The fraction of sp³-hybridized carbons (Fsp3) is 0.492. The Morgan fingerprint density at radius 1 is 0.684 bits per heavy atom. The zero-order valence-electron chi connectivity index (χ0n) is 54.6. The number of benzene rings is 3. The molecule has 0 unspecified atom stereocenters. The number of hydrogen-bond donors (Lipinski definition) is 16. The Kier molecular flexibility index (Phi) is 29.7. The molecule has 12 atom stereocenters. The van der Waals surface area contributed by atoms with E-state index in [0.29, 0.717) is 34.0 Å². The topological polar surface area (TPSA) is 494 Å². The number of hydrogen-bond acceptors (Lipinski definition) is 19. The number of aromatic nitrogens is 1. The zero-order valence-corrected chi connectivity index (χ0v) is 56.2. The van der Waals surface area contributed by atoms with Crippen molar-refractivity contribution < 1.29 is 87.9 Å². The molecule has 2 fully saturated rings. The predicted octanol–water partition coefficient (Wildman–Crippen LogP) is -1.09. The lowest BCUT2D eigenvalue weighted by molar-refractivity contribution is -0.145. The highest BCUT2D eigenvalue weighted by atomic mass is 33.1. The number of aliphatic hydroxyl groups excluding tert-OH is 1. The second-order valence-corrected chi connectivity index (χ2v) is 27.0. The molecule has 98 heavy (non-hydrogen) atoms. The molecular formula is C65H87N13O18S2. The number of aromatic hydroxyl groups is 1. The highest BCUT2D eigenvalue weighted by Gasteiger charge is 2.43. The van der Waals surface area contributed by atoms with Gasteiger partial charge in [0.05, 0.1) is 18.6 Å². The number of H-pyrrole nitrogens is 1. The summed E-state index contributed by atoms with van der Waals surface area (Å²) in [5.74, 6) is -15.8. The van der Waals surface area contributed by atoms with Gasteiger partial charge in [0.1, 0.15) is 66.2 Å². The predicted molar refractivity (Wildman–Crippen MR) is 360 cm³/mol. The van der Waals surface area contributed by atoms with Crippen LogP contribution in [0.4, 0.5) is 0 Å². The molecular weight excluding hydrogens is 1310 g/mol. The number of nitrogens with zero attached hydrogens (tertiary/aromatic N) is 2. The Balaban J connectivity index is 1.43. The largest absolute Gasteiger partial charge is 0.508 e. The van der Waals surface area contributed by atoms with Gasteiger partial charge in [0.25, 0.3) is 0 Å². The minimum atomic E-state index is -2.00. The minimum absolute atomic E-state index is 0.0406. The van der Waals surface area contributed by atoms with E-state index in [1.54, 1.807) is 60.8 Å². The van der Waals surface area contributed by atoms with Crippen molar-refractivity contribution in [2.45, 2.75) is 164 Å². The Labute approximate surface area is 572 Å². The number of likely N-dealkylation sites (tertiary alicyclic amines) is 1. The van der Waals surface area contributed by atoms with Crippen LogP contribution in [0.1, 0.15) is 88.8 Å². The van der Waals surface area contributed by atoms with Crippen LogP contribution in [0, 0.1) is 5.92 Å². The summed E-state index contributed by atoms with van der Waals surface area (Å²) in [5, 5.41) is 71.5. The van der Waals surface area contributed by atoms with Gasteiger partial charge >= 0.3 is 17.9 Å². The molecule has 3 heterocycles. The lowest BCUT2D eigenvalue weighted by Gasteiger charge is -2.33. The van der Waals surface area contributed by atoms with Gasteiger partial charge in [0.15, 0.2) is 0 Å². The second-order valence-electron chi connectivity index (χ2n) is 24.4. The fourth-order valence-corrected chi connectivity index (χ4v) is 13.4. The smallest absolute Gasteiger partial charge is 0.326 e. The van der Waals surface area contributed by atoms with E-state index in [9.17, 15) is 68.4 Å². The van der Waals surface area contributed by atoms with Gasteiger partial charge in [-0.1, -0.05) is 96.1 Å². The zero-order chi connectivity index (χ0) is 71.9. The monoisotopic (exact) mass is 1400 g/mol. The van der Waals surface area contributed by atoms with E-state index in [2.05, 4.69) is 47.5 Å². The number of unbranched alkanes of at least 4 members (excludes halogenated alkanes) is 1. The summed E-state index contributed by atoms with van der Waals surface area (Å²) in [7, 11) is 2.99. The highest BCUT2D eigenvalue weighted by Crippen LogP contribution is 2.26. The number of rotatable bonds is 27. The summed E-state index contributed by atoms with van der Waals surface area (Å²) in [6.45, 7) is 4.32. The molecule has 31 nitrogen and oxygen atoms in total. The second kappa shape index (κ2) is 37.4. The van der Waals surface area contributed by atoms with Gasteiger partial charge < -0.3 is 94.3 Å². The third kappa shape index (κ3) is 22.6. The number of aliphatic hydroxyl groups is 1. The standard InChI is InChI=1S/C65H87N13O18S2/c1-34(2)53(65(95)96)75-60(90)48-33-98-97-32-47(73-58(88)45(30-52(83)84)71-61(91)49-18-12-26-78(49)64(94)54(35(3)79)76-55(85)41(67)23-24-51(81)82)59(89)72-46(28-36-13-6-5-7-14-36)63(93)77(4)50(29-38-31-68-42-16-9-8-15-40(38)42)62(92)69-43(17-10-11-25-66)56(86)70-44(57(87)74-48)27-37-19-21-39(80)22-20-37/h5-9,13-16,19-22,31,34-35,41,43-50,53-54,68,79-80H,10-12,17-18,23-30,32-33,66-67H2,1-4H3,(H,69,92)(H,70,86)(H,71,91)(H,72,89)(H,73,88)(H,74,87)(H,75,90)(H,76,85)(H,81,82)(H,83,84)(H,95,96)/t35-,41+,43+,44+,45+,46+,47+,48+,49+,50+,53+,54+/m1/s1. The first-order chi connectivity index (χ1) is 46.6. The average molecular weight is 1400 g/mol. The molecule has 532 valence electrons. The number of phenolic OH excluding ortho intramolecular Hbond substituents is 1. The number of nitrogens with two attached hydrogens (primary N) is 2. The summed E-state index contributed by atoms with van der Waals surface area (Å²) >= 11 is 0. The van der Waals surface area contributed by atoms with Gasteiger partial charge in [-0.2, -0.15) is 0 Å². The lowest BCUT2D eigenvalue weighted by atomic mass is 9.99. The van der Waals surface area contributed by atoms with Crippen molar-refractivity contribution in [3.8, 4) is 5.75 Å². The van der Waals surface area contributed by atoms with Gasteiger partial charge in [-0.15, -0.1) is 0 Å². The number of aromatic amines is 1. The van der Waals surface area contributed by atoms with Crippen molar-refractivity contribution in [2.24, 2.45) is 17.4 Å². The first-order valence-corrected chi connectivity index (χ1v) is 34.5. The third-order valence-corrected chi connectivity index (χ3v) is 19.1. The number of carboxylic acids is 3. The Hall–Kier alpha value is -9.31. The summed E-state index contributed by atoms with van der Waals surface area (Å²) in [5.41, 5.74) is 13.9. The van der Waals surface area contributed by atoms with Crippen LogP contribution in [0.25, 0.3) is 10.9 Å². The average Bonchev–Trinajstić information content (AvgIpc) is 1.62. The SMILES string of the molecule is CC(C)[C@H](NC(=O)[C@@H]1CSSC[C@H](NC(=O)[C@H](CC(=O)O)NC(=O)[C@@H]2CCCN2C(=O)[C@@H](NC(=O)[C@@H](N)CCC(=O)O)[C@@H](C)O)C(=O)N[C@@H](Cc2ccccc2)C(=O)N(C)[C@@H](Cc2c[nH]c3ccccc23)C(=O)N[C@@H](CCCCN)C(=O)N[C@@H](Cc2ccc(O)cc2)C(=O)N1)C(=O)O. The van der Waals surface area contributed by atoms with Crippen LogP contribution in [-0.2, 0) is 81.6 Å². The Morgan fingerprint density at radius 3 is 1.97 bits per heavy atom. The molecule has 0 radical (unpaired) electrons. The molecule has 2 aliphatic heterocycles. The van der Waals surface area contributed by atoms with E-state index < -0.39 is 180 Å². The molecule has 18 N–H and O–H groups in total. The van der Waals surface area contributed by atoms with Crippen LogP contribution in [0.5, 0.6) is 5.75 Å². The van der Waals surface area contributed by atoms with Gasteiger partial charge in [-0.05, 0) is 92.8 Å². The quantitative estimate of drug-likeness (QED) is 0.0249. The van der Waals surface area contributed by atoms with Crippen LogP contribution >= 0.6 is 21.6 Å². The van der Waals surface area contributed by atoms with Crippen LogP contribution in [0.3, 0.4) is 0 Å². The third-order valence-electron chi connectivity index (χ3n) is 16.6. The number of para-hydroxylation sites is 1. The number of carbonyl (C=O) groups is 13. The first kappa shape index (κ1) is 77.7. The van der Waals surface area contributed by atoms with Crippen molar-refractivity contribution >= 4 is 109 Å². The Morgan fingerprint density at radius 2 is 1.32 bits per heavy atom. The number of carboxylic acid groups (broad SMARTS) is 3. The number of phenols is 1.